The minimum absolute atomic E-state index is 0. The Morgan fingerprint density at radius 2 is 1.12 bits per heavy atom. The van der Waals surface area contributed by atoms with Crippen LogP contribution in [0, 0.1) is 41.5 Å². The van der Waals surface area contributed by atoms with Gasteiger partial charge in [0.2, 0.25) is 0 Å². The third kappa shape index (κ3) is 7.93. The molecule has 1 aliphatic heterocycles. The fourth-order valence-corrected chi connectivity index (χ4v) is 15.6. The molecule has 6 rings (SSSR count). The molecular weight excluding hydrogens is 759 g/mol. The molecule has 2 nitrogen and oxygen atoms in total. The Hall–Kier alpha value is -1.37. The van der Waals surface area contributed by atoms with Crippen molar-refractivity contribution in [3.05, 3.63) is 105 Å². The molecule has 0 N–H and O–H groups in total. The Balaban J connectivity index is 0.00000486. The van der Waals surface area contributed by atoms with E-state index in [2.05, 4.69) is 114 Å². The number of allylic oxidation sites excluding steroid dienone is 5. The quantitative estimate of drug-likeness (QED) is 0.163. The van der Waals surface area contributed by atoms with Crippen molar-refractivity contribution in [1.82, 2.24) is 0 Å². The maximum Gasteiger partial charge on any atom is 0.127 e. The third-order valence-electron chi connectivity index (χ3n) is 11.5. The van der Waals surface area contributed by atoms with Gasteiger partial charge in [0.05, 0.1) is 21.4 Å². The smallest absolute Gasteiger partial charge is 0.127 e. The third-order valence-corrected chi connectivity index (χ3v) is 16.8. The average molecular weight is 819 g/mol. The fourth-order valence-electron chi connectivity index (χ4n) is 9.68. The number of hydrogen-bond acceptors (Lipinski definition) is 2. The van der Waals surface area contributed by atoms with Crippen LogP contribution in [0.4, 0.5) is 11.4 Å². The topological polar surface area (TPSA) is 6.48 Å². The van der Waals surface area contributed by atoms with Crippen molar-refractivity contribution in [2.75, 3.05) is 9.80 Å². The van der Waals surface area contributed by atoms with E-state index in [1.807, 2.05) is 0 Å². The van der Waals surface area contributed by atoms with Crippen LogP contribution in [-0.4, -0.2) is 21.3 Å². The van der Waals surface area contributed by atoms with Crippen molar-refractivity contribution in [3.8, 4) is 0 Å². The molecule has 4 aliphatic rings. The zero-order valence-electron chi connectivity index (χ0n) is 31.8. The molecule has 0 saturated heterocycles. The van der Waals surface area contributed by atoms with Crippen molar-refractivity contribution in [2.24, 2.45) is 0 Å². The summed E-state index contributed by atoms with van der Waals surface area (Å²) < 4.78 is -0.409. The molecule has 272 valence electrons. The first-order valence-corrected chi connectivity index (χ1v) is 21.3. The molecule has 0 radical (unpaired) electrons. The summed E-state index contributed by atoms with van der Waals surface area (Å²) in [6, 6.07) is 9.28. The molecule has 3 saturated carbocycles. The molecule has 2 atom stereocenters. The molecule has 50 heavy (non-hydrogen) atoms. The average Bonchev–Trinajstić information content (AvgIpc) is 3.44. The van der Waals surface area contributed by atoms with E-state index in [4.69, 9.17) is 23.2 Å². The monoisotopic (exact) mass is 818 g/mol. The minimum Gasteiger partial charge on any atom is -0.301 e. The van der Waals surface area contributed by atoms with Gasteiger partial charge in [0.15, 0.2) is 0 Å². The summed E-state index contributed by atoms with van der Waals surface area (Å²) in [6.07, 6.45) is 24.7. The molecule has 0 spiro atoms. The molecule has 2 aromatic carbocycles. The fraction of sp³-hybridized carbons (Fsp3) is 0.545. The number of nitrogens with zero attached hydrogens (tertiary/aromatic N) is 2. The van der Waals surface area contributed by atoms with Crippen LogP contribution in [0.15, 0.2) is 71.4 Å². The molecule has 2 unspecified atom stereocenters. The molecular formula is C44H59Cl2N2PRu. The van der Waals surface area contributed by atoms with Gasteiger partial charge in [-0.15, -0.1) is 23.2 Å². The summed E-state index contributed by atoms with van der Waals surface area (Å²) in [5.41, 5.74) is 15.5. The maximum atomic E-state index is 8.53. The Morgan fingerprint density at radius 1 is 0.700 bits per heavy atom. The number of rotatable bonds is 6. The van der Waals surface area contributed by atoms with Crippen LogP contribution in [0.25, 0.3) is 0 Å². The summed E-state index contributed by atoms with van der Waals surface area (Å²) in [7, 11) is -0.480. The van der Waals surface area contributed by atoms with Crippen molar-refractivity contribution >= 4 is 42.5 Å². The van der Waals surface area contributed by atoms with Crippen LogP contribution in [0.2, 0.25) is 0 Å². The maximum absolute atomic E-state index is 8.53. The first kappa shape index (κ1) is 39.8. The van der Waals surface area contributed by atoms with Gasteiger partial charge in [-0.3, -0.25) is 0 Å². The second kappa shape index (κ2) is 16.8. The molecule has 3 fully saturated rings. The van der Waals surface area contributed by atoms with E-state index in [1.165, 1.54) is 126 Å². The van der Waals surface area contributed by atoms with E-state index in [0.29, 0.717) is 0 Å². The zero-order valence-corrected chi connectivity index (χ0v) is 35.9. The Bertz CT molecular complexity index is 1540. The van der Waals surface area contributed by atoms with Gasteiger partial charge in [-0.2, -0.15) is 0 Å². The molecule has 3 aliphatic carbocycles. The van der Waals surface area contributed by atoms with Crippen LogP contribution in [0.3, 0.4) is 0 Å². The molecule has 0 amide bonds. The standard InChI is InChI=1S/C44H59Cl2N2P.Ru/c1-29(2)19-20-38-40(39(45)21-22-44(38,46)49(36-15-11-9-12-16-36)37-17-13-10-14-18-37)43-47(41-32(5)25-30(3)26-33(41)6)23-24-48(43)42-34(7)27-31(4)28-35(42)8;/h19-20,23-28,36-37,39H,9-18,21-22H2,1-8H3;. The number of anilines is 2. The first-order valence-electron chi connectivity index (χ1n) is 19.0. The van der Waals surface area contributed by atoms with E-state index in [9.17, 15) is 0 Å². The van der Waals surface area contributed by atoms with Gasteiger partial charge in [0.25, 0.3) is 0 Å². The summed E-state index contributed by atoms with van der Waals surface area (Å²) in [4.78, 5) is 4.91. The van der Waals surface area contributed by atoms with Crippen LogP contribution < -0.4 is 9.80 Å². The van der Waals surface area contributed by atoms with Crippen LogP contribution in [0.5, 0.6) is 0 Å². The van der Waals surface area contributed by atoms with Crippen molar-refractivity contribution in [2.45, 2.75) is 154 Å². The SMILES string of the molecule is CC(C)=CC=C1C(=C2N(c3c(C)cc(C)cc3C)C=CN2c2c(C)cc(C)cc2C)C(Cl)CCC1(Cl)P(C1CCCCC1)C1CCCCC1.[Ru]. The predicted molar refractivity (Wildman–Crippen MR) is 218 cm³/mol. The summed E-state index contributed by atoms with van der Waals surface area (Å²) in [5, 5.41) is -0.143. The second-order valence-corrected chi connectivity index (χ2v) is 20.3. The van der Waals surface area contributed by atoms with Gasteiger partial charge in [0, 0.05) is 37.5 Å². The number of halogens is 2. The molecule has 1 heterocycles. The van der Waals surface area contributed by atoms with E-state index in [1.54, 1.807) is 0 Å². The van der Waals surface area contributed by atoms with E-state index in [-0.39, 0.29) is 24.9 Å². The number of alkyl halides is 2. The van der Waals surface area contributed by atoms with Crippen molar-refractivity contribution in [1.29, 1.82) is 0 Å². The van der Waals surface area contributed by atoms with Gasteiger partial charge in [-0.1, -0.05) is 99.6 Å². The Kier molecular flexibility index (Phi) is 13.3. The second-order valence-electron chi connectivity index (χ2n) is 15.9. The van der Waals surface area contributed by atoms with Crippen LogP contribution in [0.1, 0.15) is 124 Å². The van der Waals surface area contributed by atoms with Crippen molar-refractivity contribution < 1.29 is 19.5 Å². The Labute approximate surface area is 328 Å². The van der Waals surface area contributed by atoms with Gasteiger partial charge in [-0.05, 0) is 133 Å². The van der Waals surface area contributed by atoms with Crippen molar-refractivity contribution in [3.63, 3.8) is 0 Å². The van der Waals surface area contributed by atoms with E-state index >= 15 is 0 Å². The van der Waals surface area contributed by atoms with Crippen LogP contribution in [-0.2, 0) is 19.5 Å². The van der Waals surface area contributed by atoms with E-state index in [0.717, 1.165) is 30.0 Å². The predicted octanol–water partition coefficient (Wildman–Crippen LogP) is 13.9. The summed E-state index contributed by atoms with van der Waals surface area (Å²) >= 11 is 16.3. The van der Waals surface area contributed by atoms with E-state index < -0.39 is 12.5 Å². The molecule has 2 aromatic rings. The summed E-state index contributed by atoms with van der Waals surface area (Å²) in [5.74, 6) is 1.16. The first-order chi connectivity index (χ1) is 23.4. The number of hydrogen-bond donors (Lipinski definition) is 0. The summed E-state index contributed by atoms with van der Waals surface area (Å²) in [6.45, 7) is 17.8. The largest absolute Gasteiger partial charge is 0.301 e. The van der Waals surface area contributed by atoms with Gasteiger partial charge < -0.3 is 9.80 Å². The minimum atomic E-state index is -0.480. The Morgan fingerprint density at radius 3 is 1.52 bits per heavy atom. The van der Waals surface area contributed by atoms with Crippen LogP contribution >= 0.6 is 31.1 Å². The van der Waals surface area contributed by atoms with Gasteiger partial charge in [-0.25, -0.2) is 0 Å². The van der Waals surface area contributed by atoms with Gasteiger partial charge in [0.1, 0.15) is 5.82 Å². The zero-order chi connectivity index (χ0) is 35.0. The number of benzene rings is 2. The molecule has 6 heteroatoms. The molecule has 0 aromatic heterocycles. The molecule has 0 bridgehead atoms. The number of aryl methyl sites for hydroxylation is 6. The van der Waals surface area contributed by atoms with Gasteiger partial charge >= 0.3 is 0 Å². The normalized spacial score (nSPS) is 24.4.